The molecule has 5 rings (SSSR count). The molecular weight excluding hydrogens is 583 g/mol. The van der Waals surface area contributed by atoms with Crippen LogP contribution in [0.2, 0.25) is 0 Å². The lowest BCUT2D eigenvalue weighted by atomic mass is 10.1. The van der Waals surface area contributed by atoms with Crippen LogP contribution in [0, 0.1) is 5.82 Å². The fourth-order valence-electron chi connectivity index (χ4n) is 5.00. The lowest BCUT2D eigenvalue weighted by molar-refractivity contribution is -0.120. The lowest BCUT2D eigenvalue weighted by Crippen LogP contribution is -2.36. The lowest BCUT2D eigenvalue weighted by Gasteiger charge is -2.21. The molecule has 238 valence electrons. The molecule has 2 amide bonds. The number of aliphatic imine (C=N–C) groups is 2. The van der Waals surface area contributed by atoms with Crippen LogP contribution >= 0.6 is 0 Å². The first-order valence-corrected chi connectivity index (χ1v) is 15.6. The van der Waals surface area contributed by atoms with Crippen molar-refractivity contribution in [2.45, 2.75) is 58.5 Å². The van der Waals surface area contributed by atoms with Crippen molar-refractivity contribution in [2.24, 2.45) is 9.98 Å². The van der Waals surface area contributed by atoms with Crippen molar-refractivity contribution in [3.8, 4) is 5.75 Å². The third-order valence-electron chi connectivity index (χ3n) is 7.20. The average Bonchev–Trinajstić information content (AvgIpc) is 3.34. The van der Waals surface area contributed by atoms with Gasteiger partial charge in [0.1, 0.15) is 11.3 Å². The zero-order valence-corrected chi connectivity index (χ0v) is 26.5. The zero-order chi connectivity index (χ0) is 32.5. The summed E-state index contributed by atoms with van der Waals surface area (Å²) in [5.41, 5.74) is 3.49. The Kier molecular flexibility index (Phi) is 10.4. The van der Waals surface area contributed by atoms with Gasteiger partial charge in [-0.2, -0.15) is 0 Å². The van der Waals surface area contributed by atoms with Gasteiger partial charge in [-0.25, -0.2) is 19.2 Å². The normalized spacial score (nSPS) is 15.2. The van der Waals surface area contributed by atoms with E-state index >= 15 is 0 Å². The van der Waals surface area contributed by atoms with Gasteiger partial charge in [0.25, 0.3) is 5.91 Å². The SMILES string of the molecule is CC(C)(C)OC(=O)NCCCCCCOc1ccc(/C=C2\N=C3C(Cc4ccccc4)=NC(c4ccccc4)=CN3C2=O)cc1F. The highest BCUT2D eigenvalue weighted by Gasteiger charge is 2.35. The van der Waals surface area contributed by atoms with Gasteiger partial charge in [-0.05, 0) is 62.9 Å². The fraction of sp³-hybridized carbons (Fsp3) is 0.297. The molecule has 2 heterocycles. The number of carbonyl (C=O) groups is 2. The third-order valence-corrected chi connectivity index (χ3v) is 7.20. The minimum atomic E-state index is -0.516. The van der Waals surface area contributed by atoms with Gasteiger partial charge in [-0.15, -0.1) is 0 Å². The number of hydrogen-bond acceptors (Lipinski definition) is 6. The van der Waals surface area contributed by atoms with Gasteiger partial charge in [-0.3, -0.25) is 9.69 Å². The Bertz CT molecular complexity index is 1670. The van der Waals surface area contributed by atoms with Crippen LogP contribution in [0.15, 0.2) is 101 Å². The number of rotatable bonds is 12. The number of carbonyl (C=O) groups excluding carboxylic acids is 2. The Balaban J connectivity index is 1.19. The van der Waals surface area contributed by atoms with E-state index in [1.54, 1.807) is 24.4 Å². The third kappa shape index (κ3) is 8.78. The minimum absolute atomic E-state index is 0.156. The van der Waals surface area contributed by atoms with E-state index in [2.05, 4.69) is 10.3 Å². The first kappa shape index (κ1) is 32.3. The topological polar surface area (TPSA) is 92.6 Å². The van der Waals surface area contributed by atoms with E-state index < -0.39 is 17.5 Å². The smallest absolute Gasteiger partial charge is 0.407 e. The van der Waals surface area contributed by atoms with Crippen molar-refractivity contribution < 1.29 is 23.5 Å². The number of ether oxygens (including phenoxy) is 2. The monoisotopic (exact) mass is 622 g/mol. The second-order valence-electron chi connectivity index (χ2n) is 12.1. The molecule has 3 aromatic rings. The molecule has 1 N–H and O–H groups in total. The molecule has 0 aliphatic carbocycles. The van der Waals surface area contributed by atoms with Crippen LogP contribution in [-0.4, -0.2) is 47.2 Å². The molecule has 0 unspecified atom stereocenters. The highest BCUT2D eigenvalue weighted by molar-refractivity contribution is 6.48. The molecule has 0 fully saturated rings. The van der Waals surface area contributed by atoms with Crippen LogP contribution in [0.5, 0.6) is 5.75 Å². The van der Waals surface area contributed by atoms with E-state index in [4.69, 9.17) is 14.5 Å². The summed E-state index contributed by atoms with van der Waals surface area (Å²) in [4.78, 5) is 36.3. The summed E-state index contributed by atoms with van der Waals surface area (Å²) >= 11 is 0. The van der Waals surface area contributed by atoms with Crippen molar-refractivity contribution in [2.75, 3.05) is 13.2 Å². The molecule has 0 spiro atoms. The molecule has 3 aromatic carbocycles. The van der Waals surface area contributed by atoms with E-state index in [9.17, 15) is 14.0 Å². The Morgan fingerprint density at radius 2 is 1.65 bits per heavy atom. The maximum Gasteiger partial charge on any atom is 0.407 e. The number of amides is 2. The molecule has 9 heteroatoms. The predicted octanol–water partition coefficient (Wildman–Crippen LogP) is 7.57. The van der Waals surface area contributed by atoms with Crippen LogP contribution in [0.25, 0.3) is 11.8 Å². The second-order valence-corrected chi connectivity index (χ2v) is 12.1. The van der Waals surface area contributed by atoms with Crippen molar-refractivity contribution >= 4 is 35.3 Å². The quantitative estimate of drug-likeness (QED) is 0.167. The van der Waals surface area contributed by atoms with E-state index in [1.165, 1.54) is 11.0 Å². The highest BCUT2D eigenvalue weighted by atomic mass is 19.1. The summed E-state index contributed by atoms with van der Waals surface area (Å²) in [7, 11) is 0. The first-order valence-electron chi connectivity index (χ1n) is 15.6. The molecule has 0 atom stereocenters. The second kappa shape index (κ2) is 14.8. The number of nitrogens with zero attached hydrogens (tertiary/aromatic N) is 3. The molecule has 0 bridgehead atoms. The summed E-state index contributed by atoms with van der Waals surface area (Å²) in [5, 5.41) is 2.75. The van der Waals surface area contributed by atoms with E-state index in [0.717, 1.165) is 36.8 Å². The van der Waals surface area contributed by atoms with Gasteiger partial charge in [-0.1, -0.05) is 79.6 Å². The molecule has 2 aliphatic heterocycles. The number of fused-ring (bicyclic) bond motifs is 1. The number of benzene rings is 3. The molecule has 46 heavy (non-hydrogen) atoms. The average molecular weight is 623 g/mol. The highest BCUT2D eigenvalue weighted by Crippen LogP contribution is 2.29. The van der Waals surface area contributed by atoms with Crippen molar-refractivity contribution in [3.05, 3.63) is 113 Å². The number of amidine groups is 1. The van der Waals surface area contributed by atoms with E-state index in [0.29, 0.717) is 42.4 Å². The van der Waals surface area contributed by atoms with Gasteiger partial charge in [0, 0.05) is 24.7 Å². The van der Waals surface area contributed by atoms with Crippen LogP contribution in [-0.2, 0) is 16.0 Å². The molecule has 0 aromatic heterocycles. The Morgan fingerprint density at radius 3 is 2.37 bits per heavy atom. The van der Waals surface area contributed by atoms with Gasteiger partial charge in [0.15, 0.2) is 17.4 Å². The molecule has 0 saturated carbocycles. The molecular formula is C37H39FN4O4. The number of halogens is 1. The maximum absolute atomic E-state index is 15.0. The van der Waals surface area contributed by atoms with E-state index in [-0.39, 0.29) is 17.4 Å². The van der Waals surface area contributed by atoms with E-state index in [1.807, 2.05) is 81.4 Å². The fourth-order valence-corrected chi connectivity index (χ4v) is 5.00. The van der Waals surface area contributed by atoms with Crippen LogP contribution in [0.4, 0.5) is 9.18 Å². The van der Waals surface area contributed by atoms with Crippen molar-refractivity contribution in [1.82, 2.24) is 10.2 Å². The molecule has 8 nitrogen and oxygen atoms in total. The van der Waals surface area contributed by atoms with Crippen molar-refractivity contribution in [1.29, 1.82) is 0 Å². The minimum Gasteiger partial charge on any atom is -0.491 e. The number of nitrogens with one attached hydrogen (secondary N) is 1. The van der Waals surface area contributed by atoms with Crippen LogP contribution in [0.1, 0.15) is 63.1 Å². The van der Waals surface area contributed by atoms with Gasteiger partial charge < -0.3 is 14.8 Å². The predicted molar refractivity (Wildman–Crippen MR) is 179 cm³/mol. The molecule has 0 saturated heterocycles. The van der Waals surface area contributed by atoms with Gasteiger partial charge in [0.2, 0.25) is 0 Å². The Labute approximate surface area is 269 Å². The summed E-state index contributed by atoms with van der Waals surface area (Å²) in [6.07, 6.45) is 6.75. The molecule has 0 radical (unpaired) electrons. The Morgan fingerprint density at radius 1 is 0.935 bits per heavy atom. The summed E-state index contributed by atoms with van der Waals surface area (Å²) < 4.78 is 25.9. The largest absolute Gasteiger partial charge is 0.491 e. The Hall–Kier alpha value is -5.05. The maximum atomic E-state index is 15.0. The summed E-state index contributed by atoms with van der Waals surface area (Å²) in [6, 6.07) is 24.2. The summed E-state index contributed by atoms with van der Waals surface area (Å²) in [5.74, 6) is -0.181. The number of alkyl carbamates (subject to hydrolysis) is 1. The van der Waals surface area contributed by atoms with Crippen LogP contribution in [0.3, 0.4) is 0 Å². The van der Waals surface area contributed by atoms with Gasteiger partial charge in [0.05, 0.1) is 18.0 Å². The molecule has 2 aliphatic rings. The summed E-state index contributed by atoms with van der Waals surface area (Å²) in [6.45, 7) is 6.39. The standard InChI is InChI=1S/C37H39FN4O4/c1-37(2,3)46-36(44)39-20-12-4-5-13-21-45-33-19-18-27(22-29(33)38)24-31-35(43)42-25-32(28-16-10-7-11-17-28)40-30(34(42)41-31)23-26-14-8-6-9-15-26/h6-11,14-19,22,24-25H,4-5,12-13,20-21,23H2,1-3H3,(H,39,44)/b31-24-. The zero-order valence-electron chi connectivity index (χ0n) is 26.5. The number of unbranched alkanes of at least 4 members (excludes halogenated alkanes) is 3. The first-order chi connectivity index (χ1) is 22.2. The van der Waals surface area contributed by atoms with Crippen LogP contribution < -0.4 is 10.1 Å². The van der Waals surface area contributed by atoms with Crippen molar-refractivity contribution in [3.63, 3.8) is 0 Å². The van der Waals surface area contributed by atoms with Gasteiger partial charge >= 0.3 is 6.09 Å². The number of hydrogen-bond donors (Lipinski definition) is 1.